The van der Waals surface area contributed by atoms with Crippen LogP contribution in [0.3, 0.4) is 0 Å². The van der Waals surface area contributed by atoms with Crippen LogP contribution in [0.15, 0.2) is 28.2 Å². The van der Waals surface area contributed by atoms with E-state index in [1.807, 2.05) is 11.8 Å². The lowest BCUT2D eigenvalue weighted by atomic mass is 10.1. The molecular weight excluding hydrogens is 164 g/mol. The summed E-state index contributed by atoms with van der Waals surface area (Å²) in [6.07, 6.45) is 10.3. The first-order valence-electron chi connectivity index (χ1n) is 4.56. The smallest absolute Gasteiger partial charge is 0.0533 e. The van der Waals surface area contributed by atoms with Gasteiger partial charge in [-0.1, -0.05) is 26.0 Å². The Hall–Kier alpha value is -0.430. The van der Waals surface area contributed by atoms with E-state index in [9.17, 15) is 0 Å². The summed E-state index contributed by atoms with van der Waals surface area (Å²) in [5.41, 5.74) is 2.93. The summed E-state index contributed by atoms with van der Waals surface area (Å²) in [5.74, 6) is 0. The molecule has 2 aliphatic rings. The highest BCUT2D eigenvalue weighted by molar-refractivity contribution is 8.04. The van der Waals surface area contributed by atoms with Crippen molar-refractivity contribution in [3.8, 4) is 0 Å². The number of rotatable bonds is 2. The lowest BCUT2D eigenvalue weighted by Gasteiger charge is -2.01. The lowest BCUT2D eigenvalue weighted by Crippen LogP contribution is -1.91. The number of hydrogen-bond acceptors (Lipinski definition) is 1. The van der Waals surface area contributed by atoms with Gasteiger partial charge in [-0.25, -0.2) is 0 Å². The van der Waals surface area contributed by atoms with Crippen LogP contribution in [0.1, 0.15) is 26.7 Å². The predicted molar refractivity (Wildman–Crippen MR) is 54.9 cm³/mol. The van der Waals surface area contributed by atoms with Gasteiger partial charge in [0.25, 0.3) is 0 Å². The normalized spacial score (nSPS) is 26.5. The summed E-state index contributed by atoms with van der Waals surface area (Å²) >= 11 is 1.96. The molecule has 0 fully saturated rings. The number of hydrogen-bond donors (Lipinski definition) is 0. The zero-order valence-electron chi connectivity index (χ0n) is 7.55. The molecule has 0 saturated heterocycles. The Kier molecular flexibility index (Phi) is 2.14. The Labute approximate surface area is 78.4 Å². The van der Waals surface area contributed by atoms with Gasteiger partial charge in [0.1, 0.15) is 0 Å². The van der Waals surface area contributed by atoms with E-state index in [2.05, 4.69) is 32.1 Å². The summed E-state index contributed by atoms with van der Waals surface area (Å²) in [4.78, 5) is 1.42. The Balaban J connectivity index is 2.29. The Morgan fingerprint density at radius 2 is 2.25 bits per heavy atom. The Bertz CT molecular complexity index is 281. The van der Waals surface area contributed by atoms with Gasteiger partial charge in [0.2, 0.25) is 0 Å². The summed E-state index contributed by atoms with van der Waals surface area (Å²) in [6, 6.07) is 0. The van der Waals surface area contributed by atoms with Crippen LogP contribution in [-0.2, 0) is 0 Å². The van der Waals surface area contributed by atoms with E-state index in [0.29, 0.717) is 5.25 Å². The number of thioether (sulfide) groups is 1. The average Bonchev–Trinajstić information content (AvgIpc) is 2.61. The molecule has 12 heavy (non-hydrogen) atoms. The molecule has 0 aromatic rings. The Morgan fingerprint density at radius 1 is 1.42 bits per heavy atom. The zero-order chi connectivity index (χ0) is 8.55. The summed E-state index contributed by atoms with van der Waals surface area (Å²) in [6.45, 7) is 4.41. The van der Waals surface area contributed by atoms with E-state index in [4.69, 9.17) is 0 Å². The van der Waals surface area contributed by atoms with E-state index in [1.165, 1.54) is 16.1 Å². The third-order valence-corrected chi connectivity index (χ3v) is 3.67. The molecule has 1 aliphatic heterocycles. The minimum atomic E-state index is 0.606. The fraction of sp³-hybridized carbons (Fsp3) is 0.455. The molecule has 0 N–H and O–H groups in total. The molecule has 0 aromatic heterocycles. The van der Waals surface area contributed by atoms with Crippen LogP contribution in [-0.4, -0.2) is 5.25 Å². The first-order chi connectivity index (χ1) is 5.85. The fourth-order valence-corrected chi connectivity index (χ4v) is 2.76. The van der Waals surface area contributed by atoms with Crippen LogP contribution in [0.5, 0.6) is 0 Å². The molecular formula is C11H13S. The molecule has 1 unspecified atom stereocenters. The maximum absolute atomic E-state index is 3.50. The largest absolute Gasteiger partial charge is 0.117 e. The minimum Gasteiger partial charge on any atom is -0.117 e. The van der Waals surface area contributed by atoms with E-state index in [-0.39, 0.29) is 0 Å². The van der Waals surface area contributed by atoms with Crippen LogP contribution in [0, 0.1) is 6.08 Å². The zero-order valence-corrected chi connectivity index (χ0v) is 8.37. The van der Waals surface area contributed by atoms with E-state index in [0.717, 1.165) is 12.8 Å². The van der Waals surface area contributed by atoms with Gasteiger partial charge in [0, 0.05) is 0 Å². The Morgan fingerprint density at radius 3 is 2.92 bits per heavy atom. The molecule has 0 bridgehead atoms. The van der Waals surface area contributed by atoms with Gasteiger partial charge in [0.05, 0.1) is 5.25 Å². The fourth-order valence-electron chi connectivity index (χ4n) is 1.63. The quantitative estimate of drug-likeness (QED) is 0.622. The molecule has 1 atom stereocenters. The van der Waals surface area contributed by atoms with E-state index in [1.54, 1.807) is 0 Å². The van der Waals surface area contributed by atoms with Crippen molar-refractivity contribution in [3.63, 3.8) is 0 Å². The van der Waals surface area contributed by atoms with Crippen molar-refractivity contribution in [1.29, 1.82) is 0 Å². The summed E-state index contributed by atoms with van der Waals surface area (Å²) in [5, 5.41) is 0.606. The second-order valence-electron chi connectivity index (χ2n) is 3.09. The topological polar surface area (TPSA) is 0 Å². The van der Waals surface area contributed by atoms with Crippen molar-refractivity contribution in [3.05, 3.63) is 34.3 Å². The molecule has 0 spiro atoms. The maximum Gasteiger partial charge on any atom is 0.0533 e. The van der Waals surface area contributed by atoms with Crippen LogP contribution in [0.25, 0.3) is 0 Å². The van der Waals surface area contributed by atoms with Gasteiger partial charge >= 0.3 is 0 Å². The van der Waals surface area contributed by atoms with Crippen LogP contribution in [0.2, 0.25) is 0 Å². The summed E-state index contributed by atoms with van der Waals surface area (Å²) < 4.78 is 0. The molecule has 1 heterocycles. The third kappa shape index (κ3) is 1.16. The lowest BCUT2D eigenvalue weighted by molar-refractivity contribution is 1.12. The standard InChI is InChI=1S/C11H13S/c1-3-8-5-6-11-10(8)7-9(4-2)12-11/h5-6,11H,3-4H2,1-2H3. The molecule has 1 radical (unpaired) electrons. The first-order valence-corrected chi connectivity index (χ1v) is 5.43. The minimum absolute atomic E-state index is 0.606. The van der Waals surface area contributed by atoms with E-state index >= 15 is 0 Å². The van der Waals surface area contributed by atoms with Crippen molar-refractivity contribution in [1.82, 2.24) is 0 Å². The molecule has 2 rings (SSSR count). The molecule has 0 nitrogen and oxygen atoms in total. The molecule has 0 saturated carbocycles. The molecule has 0 aromatic carbocycles. The molecule has 63 valence electrons. The van der Waals surface area contributed by atoms with Gasteiger partial charge in [0.15, 0.2) is 0 Å². The monoisotopic (exact) mass is 177 g/mol. The average molecular weight is 177 g/mol. The predicted octanol–water partition coefficient (Wildman–Crippen LogP) is 3.48. The van der Waals surface area contributed by atoms with Crippen molar-refractivity contribution >= 4 is 11.8 Å². The van der Waals surface area contributed by atoms with Gasteiger partial charge in [-0.05, 0) is 35.0 Å². The van der Waals surface area contributed by atoms with Crippen LogP contribution < -0.4 is 0 Å². The second-order valence-corrected chi connectivity index (χ2v) is 4.33. The van der Waals surface area contributed by atoms with Gasteiger partial charge < -0.3 is 0 Å². The van der Waals surface area contributed by atoms with Crippen molar-refractivity contribution in [2.75, 3.05) is 0 Å². The maximum atomic E-state index is 3.50. The van der Waals surface area contributed by atoms with Crippen LogP contribution in [0.4, 0.5) is 0 Å². The highest BCUT2D eigenvalue weighted by Gasteiger charge is 2.25. The van der Waals surface area contributed by atoms with E-state index < -0.39 is 0 Å². The van der Waals surface area contributed by atoms with Crippen molar-refractivity contribution in [2.45, 2.75) is 31.9 Å². The van der Waals surface area contributed by atoms with Gasteiger partial charge in [-0.2, -0.15) is 0 Å². The van der Waals surface area contributed by atoms with Gasteiger partial charge in [-0.3, -0.25) is 0 Å². The van der Waals surface area contributed by atoms with Crippen molar-refractivity contribution < 1.29 is 0 Å². The SMILES string of the molecule is CCC1=[C]C2=C(CC)C=CC2S1. The third-order valence-electron chi connectivity index (χ3n) is 2.35. The second kappa shape index (κ2) is 3.14. The first kappa shape index (κ1) is 8.18. The van der Waals surface area contributed by atoms with Crippen molar-refractivity contribution in [2.24, 2.45) is 0 Å². The number of allylic oxidation sites excluding steroid dienone is 4. The molecule has 1 heteroatoms. The molecule has 1 aliphatic carbocycles. The number of fused-ring (bicyclic) bond motifs is 1. The molecule has 0 amide bonds. The summed E-state index contributed by atoms with van der Waals surface area (Å²) in [7, 11) is 0. The van der Waals surface area contributed by atoms with Crippen LogP contribution >= 0.6 is 11.8 Å². The highest BCUT2D eigenvalue weighted by atomic mass is 32.2. The van der Waals surface area contributed by atoms with Gasteiger partial charge in [-0.15, -0.1) is 11.8 Å². The highest BCUT2D eigenvalue weighted by Crippen LogP contribution is 2.43.